The van der Waals surface area contributed by atoms with Gasteiger partial charge in [-0.25, -0.2) is 9.36 Å². The second-order valence-electron chi connectivity index (χ2n) is 2.51. The first-order chi connectivity index (χ1) is 6.36. The fraction of sp³-hybridized carbons (Fsp3) is 0.111. The van der Waals surface area contributed by atoms with E-state index in [0.717, 1.165) is 5.52 Å². The molecule has 0 aromatic carbocycles. The van der Waals surface area contributed by atoms with Crippen LogP contribution < -0.4 is 4.74 Å². The third kappa shape index (κ3) is 1.02. The fourth-order valence-electron chi connectivity index (χ4n) is 1.24. The largest absolute Gasteiger partial charge is 0.496 e. The molecule has 0 aliphatic heterocycles. The molecule has 2 rings (SSSR count). The first kappa shape index (κ1) is 7.62. The molecule has 4 nitrogen and oxygen atoms in total. The molecule has 0 N–H and O–H groups in total. The van der Waals surface area contributed by atoms with Gasteiger partial charge < -0.3 is 4.74 Å². The first-order valence-electron chi connectivity index (χ1n) is 3.74. The van der Waals surface area contributed by atoms with Crippen LogP contribution in [0.4, 0.5) is 5.69 Å². The van der Waals surface area contributed by atoms with Gasteiger partial charge in [-0.15, -0.1) is 0 Å². The minimum Gasteiger partial charge on any atom is -0.496 e. The quantitative estimate of drug-likeness (QED) is 0.616. The summed E-state index contributed by atoms with van der Waals surface area (Å²) in [4.78, 5) is 3.35. The van der Waals surface area contributed by atoms with Crippen molar-refractivity contribution in [1.29, 1.82) is 0 Å². The maximum atomic E-state index is 6.93. The standard InChI is InChI=1S/C9H7N3O/c1-10-7-6-11-12-5-3-4-8(13-2)9(7)12/h3-6H,2H3. The zero-order chi connectivity index (χ0) is 9.26. The number of nitrogens with zero attached hydrogens (tertiary/aromatic N) is 3. The number of hydrogen-bond donors (Lipinski definition) is 0. The molecule has 0 saturated heterocycles. The Labute approximate surface area is 75.2 Å². The van der Waals surface area contributed by atoms with Crippen LogP contribution in [0.1, 0.15) is 0 Å². The van der Waals surface area contributed by atoms with E-state index >= 15 is 0 Å². The molecule has 0 bridgehead atoms. The molecule has 0 atom stereocenters. The predicted molar refractivity (Wildman–Crippen MR) is 48.0 cm³/mol. The normalized spacial score (nSPS) is 9.85. The fourth-order valence-corrected chi connectivity index (χ4v) is 1.24. The molecule has 0 unspecified atom stereocenters. The van der Waals surface area contributed by atoms with Crippen LogP contribution in [0.15, 0.2) is 24.5 Å². The van der Waals surface area contributed by atoms with E-state index in [0.29, 0.717) is 11.4 Å². The monoisotopic (exact) mass is 173 g/mol. The van der Waals surface area contributed by atoms with E-state index in [1.165, 1.54) is 6.20 Å². The summed E-state index contributed by atoms with van der Waals surface area (Å²) in [5, 5.41) is 4.02. The van der Waals surface area contributed by atoms with Gasteiger partial charge in [0.15, 0.2) is 0 Å². The van der Waals surface area contributed by atoms with Gasteiger partial charge in [0.05, 0.1) is 19.9 Å². The number of fused-ring (bicyclic) bond motifs is 1. The van der Waals surface area contributed by atoms with Gasteiger partial charge in [-0.05, 0) is 12.1 Å². The summed E-state index contributed by atoms with van der Waals surface area (Å²) in [6, 6.07) is 3.64. The number of hydrogen-bond acceptors (Lipinski definition) is 2. The van der Waals surface area contributed by atoms with E-state index in [-0.39, 0.29) is 0 Å². The Kier molecular flexibility index (Phi) is 1.64. The van der Waals surface area contributed by atoms with Gasteiger partial charge in [0.1, 0.15) is 11.3 Å². The zero-order valence-electron chi connectivity index (χ0n) is 7.06. The van der Waals surface area contributed by atoms with E-state index in [1.54, 1.807) is 17.8 Å². The summed E-state index contributed by atoms with van der Waals surface area (Å²) in [5.74, 6) is 0.672. The number of rotatable bonds is 1. The lowest BCUT2D eigenvalue weighted by Gasteiger charge is -2.01. The highest BCUT2D eigenvalue weighted by atomic mass is 16.5. The predicted octanol–water partition coefficient (Wildman–Crippen LogP) is 1.89. The molecule has 2 aromatic heterocycles. The highest BCUT2D eigenvalue weighted by Gasteiger charge is 2.07. The van der Waals surface area contributed by atoms with Crippen LogP contribution in [0.2, 0.25) is 0 Å². The van der Waals surface area contributed by atoms with E-state index < -0.39 is 0 Å². The maximum absolute atomic E-state index is 6.93. The SMILES string of the molecule is [C-]#[N+]c1cnn2cccc(OC)c12. The Bertz CT molecular complexity index is 481. The van der Waals surface area contributed by atoms with Crippen molar-refractivity contribution in [2.45, 2.75) is 0 Å². The van der Waals surface area contributed by atoms with Crippen LogP contribution in [-0.2, 0) is 0 Å². The van der Waals surface area contributed by atoms with Crippen LogP contribution in [0.3, 0.4) is 0 Å². The Balaban J connectivity index is 2.85. The van der Waals surface area contributed by atoms with Gasteiger partial charge in [-0.2, -0.15) is 5.10 Å². The number of methoxy groups -OCH3 is 1. The van der Waals surface area contributed by atoms with Gasteiger partial charge in [0.25, 0.3) is 0 Å². The van der Waals surface area contributed by atoms with Crippen molar-refractivity contribution >= 4 is 11.2 Å². The van der Waals surface area contributed by atoms with Crippen molar-refractivity contribution in [2.24, 2.45) is 0 Å². The molecule has 64 valence electrons. The van der Waals surface area contributed by atoms with Crippen LogP contribution in [0.5, 0.6) is 5.75 Å². The summed E-state index contributed by atoms with van der Waals surface area (Å²) >= 11 is 0. The average molecular weight is 173 g/mol. The Morgan fingerprint density at radius 2 is 2.46 bits per heavy atom. The van der Waals surface area contributed by atoms with E-state index in [1.807, 2.05) is 12.1 Å². The van der Waals surface area contributed by atoms with Gasteiger partial charge in [-0.1, -0.05) is 0 Å². The lowest BCUT2D eigenvalue weighted by atomic mass is 10.3. The van der Waals surface area contributed by atoms with Crippen molar-refractivity contribution in [3.05, 3.63) is 35.9 Å². The topological polar surface area (TPSA) is 30.9 Å². The molecule has 0 aliphatic rings. The smallest absolute Gasteiger partial charge is 0.235 e. The lowest BCUT2D eigenvalue weighted by molar-refractivity contribution is 0.417. The van der Waals surface area contributed by atoms with Crippen LogP contribution in [-0.4, -0.2) is 16.7 Å². The highest BCUT2D eigenvalue weighted by molar-refractivity contribution is 5.78. The molecule has 0 spiro atoms. The van der Waals surface area contributed by atoms with Crippen molar-refractivity contribution in [3.8, 4) is 5.75 Å². The van der Waals surface area contributed by atoms with Crippen LogP contribution in [0, 0.1) is 6.57 Å². The number of pyridine rings is 1. The van der Waals surface area contributed by atoms with Gasteiger partial charge in [-0.3, -0.25) is 0 Å². The number of ether oxygens (including phenoxy) is 1. The van der Waals surface area contributed by atoms with Crippen molar-refractivity contribution in [3.63, 3.8) is 0 Å². The maximum Gasteiger partial charge on any atom is 0.235 e. The second-order valence-corrected chi connectivity index (χ2v) is 2.51. The minimum atomic E-state index is 0.512. The average Bonchev–Trinajstić information content (AvgIpc) is 2.60. The van der Waals surface area contributed by atoms with Crippen molar-refractivity contribution < 1.29 is 4.74 Å². The highest BCUT2D eigenvalue weighted by Crippen LogP contribution is 2.28. The third-order valence-electron chi connectivity index (χ3n) is 1.82. The number of aromatic nitrogens is 2. The second kappa shape index (κ2) is 2.79. The van der Waals surface area contributed by atoms with Crippen LogP contribution in [0.25, 0.3) is 10.4 Å². The van der Waals surface area contributed by atoms with Crippen molar-refractivity contribution in [1.82, 2.24) is 9.61 Å². The molecular formula is C9H7N3O. The van der Waals surface area contributed by atoms with Gasteiger partial charge >= 0.3 is 0 Å². The Morgan fingerprint density at radius 1 is 1.62 bits per heavy atom. The molecule has 0 aliphatic carbocycles. The molecule has 13 heavy (non-hydrogen) atoms. The summed E-state index contributed by atoms with van der Waals surface area (Å²) in [6.07, 6.45) is 3.32. The molecular weight excluding hydrogens is 166 g/mol. The molecule has 0 fully saturated rings. The summed E-state index contributed by atoms with van der Waals surface area (Å²) in [5.41, 5.74) is 1.23. The first-order valence-corrected chi connectivity index (χ1v) is 3.74. The lowest BCUT2D eigenvalue weighted by Crippen LogP contribution is -1.89. The Morgan fingerprint density at radius 3 is 3.15 bits per heavy atom. The summed E-state index contributed by atoms with van der Waals surface area (Å²) in [7, 11) is 1.58. The van der Waals surface area contributed by atoms with E-state index in [2.05, 4.69) is 9.94 Å². The molecule has 0 radical (unpaired) electrons. The van der Waals surface area contributed by atoms with Gasteiger partial charge in [0, 0.05) is 6.20 Å². The summed E-state index contributed by atoms with van der Waals surface area (Å²) < 4.78 is 6.76. The molecule has 2 heterocycles. The molecule has 0 saturated carbocycles. The minimum absolute atomic E-state index is 0.512. The summed E-state index contributed by atoms with van der Waals surface area (Å²) in [6.45, 7) is 6.93. The molecule has 0 amide bonds. The third-order valence-corrected chi connectivity index (χ3v) is 1.82. The van der Waals surface area contributed by atoms with E-state index in [9.17, 15) is 0 Å². The van der Waals surface area contributed by atoms with Crippen molar-refractivity contribution in [2.75, 3.05) is 7.11 Å². The molecule has 4 heteroatoms. The Hall–Kier alpha value is -2.02. The molecule has 2 aromatic rings. The van der Waals surface area contributed by atoms with E-state index in [4.69, 9.17) is 11.3 Å². The van der Waals surface area contributed by atoms with Crippen LogP contribution >= 0.6 is 0 Å². The zero-order valence-corrected chi connectivity index (χ0v) is 7.06. The van der Waals surface area contributed by atoms with Gasteiger partial charge in [0.2, 0.25) is 5.69 Å².